The Morgan fingerprint density at radius 3 is 2.66 bits per heavy atom. The summed E-state index contributed by atoms with van der Waals surface area (Å²) in [7, 11) is 0. The molecule has 1 unspecified atom stereocenters. The fourth-order valence-corrected chi connectivity index (χ4v) is 4.35. The highest BCUT2D eigenvalue weighted by Gasteiger charge is 2.45. The number of hydrogen-bond donors (Lipinski definition) is 1. The van der Waals surface area contributed by atoms with Gasteiger partial charge in [0.15, 0.2) is 0 Å². The van der Waals surface area contributed by atoms with Gasteiger partial charge in [0, 0.05) is 32.6 Å². The van der Waals surface area contributed by atoms with Crippen molar-refractivity contribution < 1.29 is 14.3 Å². The van der Waals surface area contributed by atoms with Gasteiger partial charge in [-0.2, -0.15) is 0 Å². The number of likely N-dealkylation sites (tertiary alicyclic amines) is 1. The topological polar surface area (TPSA) is 75.9 Å². The number of nitrogens with two attached hydrogens (primary N) is 1. The van der Waals surface area contributed by atoms with E-state index in [9.17, 15) is 9.59 Å². The van der Waals surface area contributed by atoms with E-state index in [-0.39, 0.29) is 17.9 Å². The molecule has 29 heavy (non-hydrogen) atoms. The van der Waals surface area contributed by atoms with Crippen LogP contribution < -0.4 is 5.73 Å². The van der Waals surface area contributed by atoms with Gasteiger partial charge in [0.05, 0.1) is 13.2 Å². The van der Waals surface area contributed by atoms with Crippen LogP contribution in [0.2, 0.25) is 0 Å². The Morgan fingerprint density at radius 1 is 1.10 bits per heavy atom. The zero-order valence-corrected chi connectivity index (χ0v) is 16.5. The molecule has 4 rings (SSSR count). The molecule has 0 aromatic heterocycles. The zero-order chi connectivity index (χ0) is 20.3. The largest absolute Gasteiger partial charge is 0.370 e. The smallest absolute Gasteiger partial charge is 0.237 e. The minimum Gasteiger partial charge on any atom is -0.370 e. The Labute approximate surface area is 171 Å². The average molecular weight is 393 g/mol. The summed E-state index contributed by atoms with van der Waals surface area (Å²) in [5, 5.41) is 0. The van der Waals surface area contributed by atoms with Crippen molar-refractivity contribution in [2.24, 2.45) is 5.73 Å². The van der Waals surface area contributed by atoms with Crippen LogP contribution in [0.15, 0.2) is 54.6 Å². The van der Waals surface area contributed by atoms with Crippen molar-refractivity contribution in [1.82, 2.24) is 9.80 Å². The van der Waals surface area contributed by atoms with E-state index in [1.165, 1.54) is 11.1 Å². The highest BCUT2D eigenvalue weighted by molar-refractivity contribution is 5.79. The molecule has 2 aromatic rings. The first-order valence-corrected chi connectivity index (χ1v) is 10.1. The van der Waals surface area contributed by atoms with Gasteiger partial charge in [-0.3, -0.25) is 14.5 Å². The lowest BCUT2D eigenvalue weighted by Crippen LogP contribution is -2.41. The molecular weight excluding hydrogens is 366 g/mol. The Bertz CT molecular complexity index is 886. The third kappa shape index (κ3) is 4.33. The minimum atomic E-state index is -0.396. The third-order valence-electron chi connectivity index (χ3n) is 5.88. The van der Waals surface area contributed by atoms with Crippen LogP contribution in [0.1, 0.15) is 29.5 Å². The summed E-state index contributed by atoms with van der Waals surface area (Å²) < 4.78 is 6.19. The number of benzene rings is 2. The molecule has 1 atom stereocenters. The van der Waals surface area contributed by atoms with E-state index in [0.717, 1.165) is 18.5 Å². The van der Waals surface area contributed by atoms with E-state index in [0.29, 0.717) is 32.8 Å². The van der Waals surface area contributed by atoms with Crippen molar-refractivity contribution in [3.8, 4) is 0 Å². The van der Waals surface area contributed by atoms with E-state index in [1.54, 1.807) is 4.90 Å². The van der Waals surface area contributed by atoms with Crippen LogP contribution in [-0.4, -0.2) is 47.8 Å². The van der Waals surface area contributed by atoms with Crippen molar-refractivity contribution in [2.75, 3.05) is 26.2 Å². The van der Waals surface area contributed by atoms with Gasteiger partial charge in [-0.05, 0) is 23.1 Å². The molecule has 2 heterocycles. The molecule has 152 valence electrons. The van der Waals surface area contributed by atoms with Crippen LogP contribution in [-0.2, 0) is 33.1 Å². The average Bonchev–Trinajstić information content (AvgIpc) is 3.30. The molecule has 2 aliphatic rings. The normalized spacial score (nSPS) is 20.7. The molecule has 0 radical (unpaired) electrons. The summed E-state index contributed by atoms with van der Waals surface area (Å²) >= 11 is 0. The Kier molecular flexibility index (Phi) is 5.65. The Morgan fingerprint density at radius 2 is 1.86 bits per heavy atom. The highest BCUT2D eigenvalue weighted by atomic mass is 16.5. The van der Waals surface area contributed by atoms with E-state index in [2.05, 4.69) is 23.1 Å². The van der Waals surface area contributed by atoms with Gasteiger partial charge in [-0.15, -0.1) is 0 Å². The molecule has 6 heteroatoms. The van der Waals surface area contributed by atoms with Gasteiger partial charge in [0.25, 0.3) is 0 Å². The molecule has 6 nitrogen and oxygen atoms in total. The number of rotatable bonds is 7. The number of carbonyl (C=O) groups is 2. The van der Waals surface area contributed by atoms with Gasteiger partial charge < -0.3 is 15.4 Å². The van der Waals surface area contributed by atoms with Crippen molar-refractivity contribution in [1.29, 1.82) is 0 Å². The molecule has 0 aliphatic carbocycles. The molecule has 1 spiro atoms. The first-order chi connectivity index (χ1) is 14.1. The number of carbonyl (C=O) groups excluding carboxylic acids is 2. The molecular formula is C23H27N3O3. The number of amides is 2. The Hall–Kier alpha value is -2.70. The second kappa shape index (κ2) is 8.35. The summed E-state index contributed by atoms with van der Waals surface area (Å²) in [5.74, 6) is -0.384. The number of primary amides is 1. The first kappa shape index (κ1) is 19.6. The minimum absolute atomic E-state index is 0.0124. The van der Waals surface area contributed by atoms with Crippen molar-refractivity contribution in [3.05, 3.63) is 71.3 Å². The van der Waals surface area contributed by atoms with Crippen molar-refractivity contribution in [2.45, 2.75) is 31.6 Å². The lowest BCUT2D eigenvalue weighted by Gasteiger charge is -2.27. The lowest BCUT2D eigenvalue weighted by molar-refractivity contribution is -0.133. The highest BCUT2D eigenvalue weighted by Crippen LogP contribution is 2.43. The van der Waals surface area contributed by atoms with Crippen LogP contribution in [0.5, 0.6) is 0 Å². The molecule has 0 bridgehead atoms. The second-order valence-electron chi connectivity index (χ2n) is 7.92. The van der Waals surface area contributed by atoms with Crippen LogP contribution >= 0.6 is 0 Å². The van der Waals surface area contributed by atoms with Crippen LogP contribution in [0.4, 0.5) is 0 Å². The maximum Gasteiger partial charge on any atom is 0.237 e. The summed E-state index contributed by atoms with van der Waals surface area (Å²) in [5.41, 5.74) is 8.56. The summed E-state index contributed by atoms with van der Waals surface area (Å²) in [6.45, 7) is 3.29. The molecule has 2 aromatic carbocycles. The van der Waals surface area contributed by atoms with Crippen LogP contribution in [0.3, 0.4) is 0 Å². The van der Waals surface area contributed by atoms with Gasteiger partial charge in [-0.1, -0.05) is 54.6 Å². The monoisotopic (exact) mass is 393 g/mol. The van der Waals surface area contributed by atoms with E-state index >= 15 is 0 Å². The Balaban J connectivity index is 1.42. The molecule has 0 saturated carbocycles. The number of fused-ring (bicyclic) bond motifs is 2. The fourth-order valence-electron chi connectivity index (χ4n) is 4.35. The van der Waals surface area contributed by atoms with Crippen LogP contribution in [0.25, 0.3) is 0 Å². The predicted molar refractivity (Wildman–Crippen MR) is 110 cm³/mol. The quantitative estimate of drug-likeness (QED) is 0.781. The summed E-state index contributed by atoms with van der Waals surface area (Å²) in [4.78, 5) is 28.2. The third-order valence-corrected chi connectivity index (χ3v) is 5.88. The maximum absolute atomic E-state index is 13.1. The molecule has 2 aliphatic heterocycles. The van der Waals surface area contributed by atoms with Gasteiger partial charge in [-0.25, -0.2) is 0 Å². The van der Waals surface area contributed by atoms with Gasteiger partial charge in [0.2, 0.25) is 11.8 Å². The second-order valence-corrected chi connectivity index (χ2v) is 7.92. The SMILES string of the molecule is NC(=O)CCN(Cc1ccccc1)C(=O)CN1CCC2(C1)OCc1ccccc12. The van der Waals surface area contributed by atoms with Gasteiger partial charge >= 0.3 is 0 Å². The predicted octanol–water partition coefficient (Wildman–Crippen LogP) is 2.02. The number of hydrogen-bond acceptors (Lipinski definition) is 4. The van der Waals surface area contributed by atoms with E-state index < -0.39 is 5.91 Å². The van der Waals surface area contributed by atoms with Crippen LogP contribution in [0, 0.1) is 0 Å². The first-order valence-electron chi connectivity index (χ1n) is 10.1. The summed E-state index contributed by atoms with van der Waals surface area (Å²) in [6.07, 6.45) is 1.05. The van der Waals surface area contributed by atoms with E-state index in [4.69, 9.17) is 10.5 Å². The molecule has 1 fully saturated rings. The van der Waals surface area contributed by atoms with Crippen molar-refractivity contribution in [3.63, 3.8) is 0 Å². The molecule has 1 saturated heterocycles. The fraction of sp³-hybridized carbons (Fsp3) is 0.391. The van der Waals surface area contributed by atoms with Crippen molar-refractivity contribution >= 4 is 11.8 Å². The number of nitrogens with zero attached hydrogens (tertiary/aromatic N) is 2. The standard InChI is InChI=1S/C23H27N3O3/c24-21(27)10-12-26(14-18-6-2-1-3-7-18)22(28)15-25-13-11-23(17-25)20-9-5-4-8-19(20)16-29-23/h1-9H,10-17H2,(H2,24,27). The van der Waals surface area contributed by atoms with E-state index in [1.807, 2.05) is 36.4 Å². The zero-order valence-electron chi connectivity index (χ0n) is 16.5. The molecule has 2 N–H and O–H groups in total. The number of ether oxygens (including phenoxy) is 1. The lowest BCUT2D eigenvalue weighted by atomic mass is 9.92. The maximum atomic E-state index is 13.1. The van der Waals surface area contributed by atoms with Gasteiger partial charge in [0.1, 0.15) is 5.60 Å². The summed E-state index contributed by atoms with van der Waals surface area (Å²) in [6, 6.07) is 18.2. The molecule has 2 amide bonds.